The number of hydrogen-bond acceptors (Lipinski definition) is 2. The monoisotopic (exact) mass is 764 g/mol. The van der Waals surface area contributed by atoms with Gasteiger partial charge in [0.1, 0.15) is 0 Å². The minimum atomic E-state index is 0.691. The van der Waals surface area contributed by atoms with Gasteiger partial charge in [0, 0.05) is 49.3 Å². The lowest BCUT2D eigenvalue weighted by Gasteiger charge is -2.13. The van der Waals surface area contributed by atoms with E-state index < -0.39 is 0 Å². The Kier molecular flexibility index (Phi) is 7.82. The number of para-hydroxylation sites is 2. The first kappa shape index (κ1) is 34.0. The predicted molar refractivity (Wildman–Crippen MR) is 250 cm³/mol. The summed E-state index contributed by atoms with van der Waals surface area (Å²) in [4.78, 5) is 10.3. The van der Waals surface area contributed by atoms with Gasteiger partial charge in [0.25, 0.3) is 0 Å². The molecule has 0 saturated heterocycles. The van der Waals surface area contributed by atoms with Crippen molar-refractivity contribution in [1.82, 2.24) is 19.1 Å². The average molecular weight is 765 g/mol. The van der Waals surface area contributed by atoms with E-state index >= 15 is 0 Å². The number of benzene rings is 9. The van der Waals surface area contributed by atoms with Crippen LogP contribution in [0.4, 0.5) is 0 Å². The SMILES string of the molecule is c1ccc(-c2cc(-c3ccccc3)nc(-c3cccc(-n4c5ccccc5c5cc(-c6ccc7c8ccccc8n(-c8cccc9ccccc89)c7c6)ccc54)c3)n2)cc1. The highest BCUT2D eigenvalue weighted by molar-refractivity contribution is 6.13. The molecule has 4 heteroatoms. The van der Waals surface area contributed by atoms with Crippen molar-refractivity contribution in [2.75, 3.05) is 0 Å². The van der Waals surface area contributed by atoms with Crippen LogP contribution in [0.2, 0.25) is 0 Å². The normalized spacial score (nSPS) is 11.7. The van der Waals surface area contributed by atoms with Gasteiger partial charge in [-0.1, -0.05) is 164 Å². The highest BCUT2D eigenvalue weighted by Gasteiger charge is 2.18. The molecular formula is C56H36N4. The molecule has 3 aromatic heterocycles. The quantitative estimate of drug-likeness (QED) is 0.169. The number of hydrogen-bond donors (Lipinski definition) is 0. The molecule has 9 aromatic carbocycles. The summed E-state index contributed by atoms with van der Waals surface area (Å²) in [7, 11) is 0. The van der Waals surface area contributed by atoms with Crippen molar-refractivity contribution >= 4 is 54.4 Å². The first-order chi connectivity index (χ1) is 29.7. The molecule has 0 spiro atoms. The van der Waals surface area contributed by atoms with Crippen LogP contribution in [-0.2, 0) is 0 Å². The van der Waals surface area contributed by atoms with Gasteiger partial charge < -0.3 is 9.13 Å². The third kappa shape index (κ3) is 5.53. The maximum Gasteiger partial charge on any atom is 0.160 e. The first-order valence-corrected chi connectivity index (χ1v) is 20.4. The van der Waals surface area contributed by atoms with E-state index in [0.29, 0.717) is 5.82 Å². The van der Waals surface area contributed by atoms with Crippen molar-refractivity contribution in [2.45, 2.75) is 0 Å². The largest absolute Gasteiger partial charge is 0.309 e. The second kappa shape index (κ2) is 13.8. The summed E-state index contributed by atoms with van der Waals surface area (Å²) in [5.41, 5.74) is 14.1. The molecular weight excluding hydrogens is 729 g/mol. The molecule has 60 heavy (non-hydrogen) atoms. The fourth-order valence-corrected chi connectivity index (χ4v) is 9.12. The van der Waals surface area contributed by atoms with Crippen LogP contribution in [0.25, 0.3) is 111 Å². The van der Waals surface area contributed by atoms with Crippen molar-refractivity contribution in [2.24, 2.45) is 0 Å². The van der Waals surface area contributed by atoms with E-state index in [9.17, 15) is 0 Å². The van der Waals surface area contributed by atoms with Crippen molar-refractivity contribution in [3.63, 3.8) is 0 Å². The van der Waals surface area contributed by atoms with Crippen LogP contribution in [0, 0.1) is 0 Å². The molecule has 0 aliphatic heterocycles. The third-order valence-electron chi connectivity index (χ3n) is 11.9. The Morgan fingerprint density at radius 3 is 1.57 bits per heavy atom. The van der Waals surface area contributed by atoms with E-state index in [1.54, 1.807) is 0 Å². The van der Waals surface area contributed by atoms with E-state index in [-0.39, 0.29) is 0 Å². The van der Waals surface area contributed by atoms with Gasteiger partial charge in [-0.15, -0.1) is 0 Å². The van der Waals surface area contributed by atoms with E-state index in [1.807, 2.05) is 12.1 Å². The van der Waals surface area contributed by atoms with Gasteiger partial charge in [0.2, 0.25) is 0 Å². The number of fused-ring (bicyclic) bond motifs is 7. The first-order valence-electron chi connectivity index (χ1n) is 20.4. The van der Waals surface area contributed by atoms with Gasteiger partial charge in [0.05, 0.1) is 39.1 Å². The van der Waals surface area contributed by atoms with Gasteiger partial charge in [-0.3, -0.25) is 0 Å². The Bertz CT molecular complexity index is 3530. The Morgan fingerprint density at radius 2 is 0.817 bits per heavy atom. The van der Waals surface area contributed by atoms with Crippen molar-refractivity contribution in [3.8, 4) is 56.4 Å². The molecule has 0 bridgehead atoms. The Balaban J connectivity index is 1.01. The van der Waals surface area contributed by atoms with Crippen molar-refractivity contribution in [3.05, 3.63) is 218 Å². The molecule has 0 atom stereocenters. The zero-order chi connectivity index (χ0) is 39.6. The fraction of sp³-hybridized carbons (Fsp3) is 0. The van der Waals surface area contributed by atoms with Crippen molar-refractivity contribution < 1.29 is 0 Å². The molecule has 0 aliphatic rings. The van der Waals surface area contributed by atoms with Crippen LogP contribution >= 0.6 is 0 Å². The molecule has 3 heterocycles. The molecule has 0 N–H and O–H groups in total. The van der Waals surface area contributed by atoms with Gasteiger partial charge in [-0.2, -0.15) is 0 Å². The Hall–Kier alpha value is -8.08. The van der Waals surface area contributed by atoms with Gasteiger partial charge in [-0.25, -0.2) is 9.97 Å². The molecule has 0 radical (unpaired) electrons. The van der Waals surface area contributed by atoms with Gasteiger partial charge in [-0.05, 0) is 71.1 Å². The van der Waals surface area contributed by atoms with Crippen LogP contribution in [0.1, 0.15) is 0 Å². The molecule has 12 aromatic rings. The summed E-state index contributed by atoms with van der Waals surface area (Å²) in [6.45, 7) is 0. The summed E-state index contributed by atoms with van der Waals surface area (Å²) in [6.07, 6.45) is 0. The van der Waals surface area contributed by atoms with E-state index in [1.165, 1.54) is 60.2 Å². The minimum absolute atomic E-state index is 0.691. The van der Waals surface area contributed by atoms with Crippen molar-refractivity contribution in [1.29, 1.82) is 0 Å². The molecule has 12 rings (SSSR count). The molecule has 0 aliphatic carbocycles. The standard InChI is InChI=1S/C56H36N4/c1-3-16-38(17-4-1)49-36-50(39-18-5-2-6-19-39)58-56(57-49)42-21-13-22-43(33-42)59-52-26-11-10-25-46(52)48-34-40(30-32-54(48)59)41-29-31-47-45-24-9-12-27-53(45)60(55(47)35-41)51-28-14-20-37-15-7-8-23-44(37)51/h1-36H. The zero-order valence-corrected chi connectivity index (χ0v) is 32.6. The number of rotatable bonds is 6. The lowest BCUT2D eigenvalue weighted by molar-refractivity contribution is 1.16. The zero-order valence-electron chi connectivity index (χ0n) is 32.6. The Labute approximate surface area is 346 Å². The molecule has 0 amide bonds. The summed E-state index contributed by atoms with van der Waals surface area (Å²) in [6, 6.07) is 78.0. The van der Waals surface area contributed by atoms with Crippen LogP contribution in [0.15, 0.2) is 218 Å². The van der Waals surface area contributed by atoms with Crippen LogP contribution in [-0.4, -0.2) is 19.1 Å². The maximum atomic E-state index is 5.15. The van der Waals surface area contributed by atoms with Crippen LogP contribution < -0.4 is 0 Å². The topological polar surface area (TPSA) is 35.6 Å². The van der Waals surface area contributed by atoms with Gasteiger partial charge >= 0.3 is 0 Å². The minimum Gasteiger partial charge on any atom is -0.309 e. The molecule has 0 unspecified atom stereocenters. The maximum absolute atomic E-state index is 5.15. The molecule has 0 fully saturated rings. The van der Waals surface area contributed by atoms with Crippen LogP contribution in [0.3, 0.4) is 0 Å². The predicted octanol–water partition coefficient (Wildman–Crippen LogP) is 14.5. The van der Waals surface area contributed by atoms with E-state index in [0.717, 1.165) is 44.8 Å². The fourth-order valence-electron chi connectivity index (χ4n) is 9.12. The lowest BCUT2D eigenvalue weighted by Crippen LogP contribution is -1.98. The van der Waals surface area contributed by atoms with E-state index in [4.69, 9.17) is 9.97 Å². The lowest BCUT2D eigenvalue weighted by atomic mass is 10.0. The molecule has 4 nitrogen and oxygen atoms in total. The smallest absolute Gasteiger partial charge is 0.160 e. The summed E-state index contributed by atoms with van der Waals surface area (Å²) >= 11 is 0. The highest BCUT2D eigenvalue weighted by atomic mass is 15.0. The number of nitrogens with zero attached hydrogens (tertiary/aromatic N) is 4. The van der Waals surface area contributed by atoms with Gasteiger partial charge in [0.15, 0.2) is 5.82 Å². The van der Waals surface area contributed by atoms with Crippen LogP contribution in [0.5, 0.6) is 0 Å². The Morgan fingerprint density at radius 1 is 0.283 bits per heavy atom. The third-order valence-corrected chi connectivity index (χ3v) is 11.9. The van der Waals surface area contributed by atoms with E-state index in [2.05, 4.69) is 215 Å². The summed E-state index contributed by atoms with van der Waals surface area (Å²) in [5, 5.41) is 7.37. The number of aromatic nitrogens is 4. The summed E-state index contributed by atoms with van der Waals surface area (Å²) in [5.74, 6) is 0.691. The second-order valence-corrected chi connectivity index (χ2v) is 15.4. The second-order valence-electron chi connectivity index (χ2n) is 15.4. The molecule has 280 valence electrons. The average Bonchev–Trinajstić information content (AvgIpc) is 3.84. The summed E-state index contributed by atoms with van der Waals surface area (Å²) < 4.78 is 4.81. The molecule has 0 saturated carbocycles. The highest BCUT2D eigenvalue weighted by Crippen LogP contribution is 2.40.